The van der Waals surface area contributed by atoms with Gasteiger partial charge in [-0.1, -0.05) is 32.1 Å². The molecule has 4 heteroatoms. The molecule has 1 aliphatic heterocycles. The average molecular weight is 302 g/mol. The summed E-state index contributed by atoms with van der Waals surface area (Å²) in [5.74, 6) is 1.01. The fraction of sp³-hybridized carbons (Fsp3) is 0.938. The van der Waals surface area contributed by atoms with Crippen LogP contribution in [0.3, 0.4) is 0 Å². The van der Waals surface area contributed by atoms with Gasteiger partial charge in [-0.3, -0.25) is 4.79 Å². The van der Waals surface area contributed by atoms with E-state index in [4.69, 9.17) is 16.3 Å². The summed E-state index contributed by atoms with van der Waals surface area (Å²) in [5.41, 5.74) is -0.283. The normalized spacial score (nSPS) is 28.8. The topological polar surface area (TPSA) is 29.5 Å². The number of carbonyl (C=O) groups is 1. The van der Waals surface area contributed by atoms with E-state index in [1.807, 2.05) is 18.7 Å². The van der Waals surface area contributed by atoms with Crippen LogP contribution in [0.2, 0.25) is 0 Å². The Bertz CT molecular complexity index is 324. The number of ether oxygens (including phenoxy) is 1. The molecule has 2 fully saturated rings. The molecule has 1 saturated carbocycles. The summed E-state index contributed by atoms with van der Waals surface area (Å²) < 4.78 is 5.91. The SMILES string of the molecule is CC1(C)CN(C(=O)C2CCCCCCC2)CC(CCl)O1. The predicted octanol–water partition coefficient (Wildman–Crippen LogP) is 3.59. The van der Waals surface area contributed by atoms with Gasteiger partial charge >= 0.3 is 0 Å². The maximum Gasteiger partial charge on any atom is 0.225 e. The van der Waals surface area contributed by atoms with Gasteiger partial charge < -0.3 is 9.64 Å². The summed E-state index contributed by atoms with van der Waals surface area (Å²) >= 11 is 5.95. The number of rotatable bonds is 2. The van der Waals surface area contributed by atoms with E-state index in [9.17, 15) is 4.79 Å². The minimum Gasteiger partial charge on any atom is -0.367 e. The van der Waals surface area contributed by atoms with E-state index in [-0.39, 0.29) is 17.6 Å². The first-order valence-electron chi connectivity index (χ1n) is 8.04. The van der Waals surface area contributed by atoms with Gasteiger partial charge in [0, 0.05) is 19.0 Å². The van der Waals surface area contributed by atoms with Crippen LogP contribution in [0.5, 0.6) is 0 Å². The van der Waals surface area contributed by atoms with Gasteiger partial charge in [-0.15, -0.1) is 11.6 Å². The molecule has 2 rings (SSSR count). The number of morpholine rings is 1. The Labute approximate surface area is 128 Å². The van der Waals surface area contributed by atoms with E-state index in [0.717, 1.165) is 12.8 Å². The molecule has 2 aliphatic rings. The van der Waals surface area contributed by atoms with Crippen molar-refractivity contribution in [2.75, 3.05) is 19.0 Å². The molecule has 0 bridgehead atoms. The zero-order valence-corrected chi connectivity index (χ0v) is 13.6. The molecule has 0 aromatic carbocycles. The lowest BCUT2D eigenvalue weighted by molar-refractivity contribution is -0.161. The van der Waals surface area contributed by atoms with Crippen molar-refractivity contribution in [3.05, 3.63) is 0 Å². The number of alkyl halides is 1. The summed E-state index contributed by atoms with van der Waals surface area (Å²) in [6, 6.07) is 0. The summed E-state index contributed by atoms with van der Waals surface area (Å²) in [6.07, 6.45) is 8.37. The monoisotopic (exact) mass is 301 g/mol. The van der Waals surface area contributed by atoms with Crippen LogP contribution in [0, 0.1) is 5.92 Å². The first kappa shape index (κ1) is 16.1. The van der Waals surface area contributed by atoms with Crippen molar-refractivity contribution in [3.8, 4) is 0 Å². The second-order valence-corrected chi connectivity index (χ2v) is 7.22. The number of amides is 1. The van der Waals surface area contributed by atoms with E-state index < -0.39 is 0 Å². The van der Waals surface area contributed by atoms with Gasteiger partial charge in [0.25, 0.3) is 0 Å². The second kappa shape index (κ2) is 7.13. The molecule has 0 aromatic heterocycles. The minimum atomic E-state index is -0.283. The van der Waals surface area contributed by atoms with Crippen molar-refractivity contribution in [2.45, 2.75) is 70.5 Å². The molecular formula is C16H28ClNO2. The number of nitrogens with zero attached hydrogens (tertiary/aromatic N) is 1. The number of hydrogen-bond donors (Lipinski definition) is 0. The first-order valence-corrected chi connectivity index (χ1v) is 8.58. The van der Waals surface area contributed by atoms with Gasteiger partial charge in [0.2, 0.25) is 5.91 Å². The lowest BCUT2D eigenvalue weighted by Gasteiger charge is -2.43. The Hall–Kier alpha value is -0.280. The lowest BCUT2D eigenvalue weighted by atomic mass is 9.89. The predicted molar refractivity (Wildman–Crippen MR) is 82.1 cm³/mol. The maximum atomic E-state index is 12.8. The molecule has 0 aromatic rings. The van der Waals surface area contributed by atoms with Crippen LogP contribution in [0.25, 0.3) is 0 Å². The van der Waals surface area contributed by atoms with Gasteiger partial charge in [0.1, 0.15) is 0 Å². The third-order valence-corrected chi connectivity index (χ3v) is 4.76. The van der Waals surface area contributed by atoms with E-state index >= 15 is 0 Å². The zero-order chi connectivity index (χ0) is 14.6. The fourth-order valence-electron chi connectivity index (χ4n) is 3.51. The second-order valence-electron chi connectivity index (χ2n) is 6.91. The quantitative estimate of drug-likeness (QED) is 0.730. The molecule has 0 N–H and O–H groups in total. The molecule has 3 nitrogen and oxygen atoms in total. The van der Waals surface area contributed by atoms with E-state index in [1.54, 1.807) is 0 Å². The van der Waals surface area contributed by atoms with Gasteiger partial charge in [-0.05, 0) is 26.7 Å². The first-order chi connectivity index (χ1) is 9.52. The van der Waals surface area contributed by atoms with Crippen LogP contribution in [0.15, 0.2) is 0 Å². The molecule has 1 amide bonds. The van der Waals surface area contributed by atoms with Crippen molar-refractivity contribution >= 4 is 17.5 Å². The van der Waals surface area contributed by atoms with Crippen molar-refractivity contribution < 1.29 is 9.53 Å². The van der Waals surface area contributed by atoms with Crippen molar-refractivity contribution in [2.24, 2.45) is 5.92 Å². The smallest absolute Gasteiger partial charge is 0.225 e. The molecule has 0 spiro atoms. The highest BCUT2D eigenvalue weighted by Gasteiger charge is 2.37. The van der Waals surface area contributed by atoms with Crippen LogP contribution < -0.4 is 0 Å². The summed E-state index contributed by atoms with van der Waals surface area (Å²) in [6.45, 7) is 5.44. The zero-order valence-electron chi connectivity index (χ0n) is 12.9. The number of hydrogen-bond acceptors (Lipinski definition) is 2. The third kappa shape index (κ3) is 4.36. The molecule has 1 aliphatic carbocycles. The standard InChI is InChI=1S/C16H28ClNO2/c1-16(2)12-18(11-14(10-17)20-16)15(19)13-8-6-4-3-5-7-9-13/h13-14H,3-12H2,1-2H3. The van der Waals surface area contributed by atoms with Crippen molar-refractivity contribution in [1.82, 2.24) is 4.90 Å². The summed E-state index contributed by atoms with van der Waals surface area (Å²) in [5, 5.41) is 0. The Kier molecular flexibility index (Phi) is 5.74. The van der Waals surface area contributed by atoms with E-state index in [2.05, 4.69) is 0 Å². The molecule has 20 heavy (non-hydrogen) atoms. The molecule has 1 heterocycles. The molecular weight excluding hydrogens is 274 g/mol. The Morgan fingerprint density at radius 3 is 2.40 bits per heavy atom. The Morgan fingerprint density at radius 1 is 1.20 bits per heavy atom. The van der Waals surface area contributed by atoms with Gasteiger partial charge in [-0.2, -0.15) is 0 Å². The molecule has 0 radical (unpaired) electrons. The number of carbonyl (C=O) groups excluding carboxylic acids is 1. The van der Waals surface area contributed by atoms with E-state index in [0.29, 0.717) is 24.9 Å². The van der Waals surface area contributed by atoms with Crippen LogP contribution >= 0.6 is 11.6 Å². The molecule has 1 unspecified atom stereocenters. The highest BCUT2D eigenvalue weighted by molar-refractivity contribution is 6.18. The lowest BCUT2D eigenvalue weighted by Crippen LogP contribution is -2.56. The maximum absolute atomic E-state index is 12.8. The van der Waals surface area contributed by atoms with Crippen molar-refractivity contribution in [3.63, 3.8) is 0 Å². The molecule has 116 valence electrons. The highest BCUT2D eigenvalue weighted by atomic mass is 35.5. The number of halogens is 1. The molecule has 1 atom stereocenters. The van der Waals surface area contributed by atoms with Crippen LogP contribution in [0.4, 0.5) is 0 Å². The fourth-order valence-corrected chi connectivity index (χ4v) is 3.67. The molecule has 1 saturated heterocycles. The van der Waals surface area contributed by atoms with Gasteiger partial charge in [0.05, 0.1) is 17.6 Å². The Morgan fingerprint density at radius 2 is 1.80 bits per heavy atom. The van der Waals surface area contributed by atoms with Gasteiger partial charge in [-0.25, -0.2) is 0 Å². The summed E-state index contributed by atoms with van der Waals surface area (Å²) in [7, 11) is 0. The average Bonchev–Trinajstić information content (AvgIpc) is 2.35. The third-order valence-electron chi connectivity index (χ3n) is 4.42. The Balaban J connectivity index is 1.98. The van der Waals surface area contributed by atoms with Gasteiger partial charge in [0.15, 0.2) is 0 Å². The highest BCUT2D eigenvalue weighted by Crippen LogP contribution is 2.28. The van der Waals surface area contributed by atoms with Crippen LogP contribution in [0.1, 0.15) is 58.8 Å². The minimum absolute atomic E-state index is 0.0297. The summed E-state index contributed by atoms with van der Waals surface area (Å²) in [4.78, 5) is 14.8. The van der Waals surface area contributed by atoms with E-state index in [1.165, 1.54) is 32.1 Å². The van der Waals surface area contributed by atoms with Crippen LogP contribution in [-0.2, 0) is 9.53 Å². The van der Waals surface area contributed by atoms with Crippen molar-refractivity contribution in [1.29, 1.82) is 0 Å². The largest absolute Gasteiger partial charge is 0.367 e. The van der Waals surface area contributed by atoms with Crippen LogP contribution in [-0.4, -0.2) is 41.5 Å².